The zero-order valence-corrected chi connectivity index (χ0v) is 18.6. The fourth-order valence-electron chi connectivity index (χ4n) is 4.49. The molecule has 4 heteroatoms. The summed E-state index contributed by atoms with van der Waals surface area (Å²) in [7, 11) is 0. The van der Waals surface area contributed by atoms with Crippen LogP contribution in [-0.4, -0.2) is 36.2 Å². The third-order valence-corrected chi connectivity index (χ3v) is 6.20. The zero-order chi connectivity index (χ0) is 20.9. The van der Waals surface area contributed by atoms with Crippen LogP contribution in [0.2, 0.25) is 0 Å². The fourth-order valence-corrected chi connectivity index (χ4v) is 4.79. The highest BCUT2D eigenvalue weighted by Gasteiger charge is 2.30. The minimum absolute atomic E-state index is 0.357. The minimum Gasteiger partial charge on any atom is -0.338 e. The summed E-state index contributed by atoms with van der Waals surface area (Å²) in [6.45, 7) is 8.28. The standard InChI is InChI=1S/C26H29N3S/c1-20-17-21(2)19-24(18-20)27-26(30)29-15-13-28(14-16-29)25(22-9-5-3-6-10-22)23-11-7-4-8-12-23/h3-12,17-19,25H,13-16H2,1-2H3,(H,27,30)/p+1. The van der Waals surface area contributed by atoms with Crippen LogP contribution in [0.3, 0.4) is 0 Å². The summed E-state index contributed by atoms with van der Waals surface area (Å²) in [5, 5.41) is 4.28. The molecule has 0 saturated carbocycles. The van der Waals surface area contributed by atoms with Crippen molar-refractivity contribution >= 4 is 23.0 Å². The number of benzene rings is 3. The number of aryl methyl sites for hydroxylation is 2. The second kappa shape index (κ2) is 9.41. The molecule has 0 spiro atoms. The molecular formula is C26H30N3S+. The molecule has 0 atom stereocenters. The Balaban J connectivity index is 1.45. The van der Waals surface area contributed by atoms with Crippen molar-refractivity contribution in [3.05, 3.63) is 101 Å². The summed E-state index contributed by atoms with van der Waals surface area (Å²) in [4.78, 5) is 3.90. The number of nitrogens with one attached hydrogen (secondary N) is 2. The molecule has 0 aromatic heterocycles. The lowest BCUT2D eigenvalue weighted by Gasteiger charge is -2.38. The summed E-state index contributed by atoms with van der Waals surface area (Å²) in [5.41, 5.74) is 6.34. The monoisotopic (exact) mass is 416 g/mol. The molecule has 154 valence electrons. The maximum Gasteiger partial charge on any atom is 0.173 e. The first-order valence-electron chi connectivity index (χ1n) is 10.7. The van der Waals surface area contributed by atoms with Crippen molar-refractivity contribution in [3.8, 4) is 0 Å². The first-order valence-corrected chi connectivity index (χ1v) is 11.1. The van der Waals surface area contributed by atoms with Crippen LogP contribution in [0.25, 0.3) is 0 Å². The van der Waals surface area contributed by atoms with Gasteiger partial charge in [0.05, 0.1) is 26.2 Å². The highest BCUT2D eigenvalue weighted by Crippen LogP contribution is 2.19. The van der Waals surface area contributed by atoms with E-state index >= 15 is 0 Å². The molecule has 1 fully saturated rings. The largest absolute Gasteiger partial charge is 0.338 e. The van der Waals surface area contributed by atoms with Gasteiger partial charge in [0.25, 0.3) is 0 Å². The van der Waals surface area contributed by atoms with Gasteiger partial charge < -0.3 is 15.1 Å². The van der Waals surface area contributed by atoms with E-state index in [4.69, 9.17) is 12.2 Å². The molecule has 3 aromatic carbocycles. The van der Waals surface area contributed by atoms with E-state index in [0.29, 0.717) is 6.04 Å². The summed E-state index contributed by atoms with van der Waals surface area (Å²) < 4.78 is 0. The van der Waals surface area contributed by atoms with Gasteiger partial charge in [0.15, 0.2) is 5.11 Å². The van der Waals surface area contributed by atoms with Crippen LogP contribution in [0.15, 0.2) is 78.9 Å². The molecule has 1 aliphatic rings. The quantitative estimate of drug-likeness (QED) is 0.628. The summed E-state index contributed by atoms with van der Waals surface area (Å²) in [5.74, 6) is 0. The second-order valence-corrected chi connectivity index (χ2v) is 8.59. The number of rotatable bonds is 4. The minimum atomic E-state index is 0.357. The first kappa shape index (κ1) is 20.6. The number of anilines is 1. The van der Waals surface area contributed by atoms with Crippen LogP contribution in [0.4, 0.5) is 5.69 Å². The lowest BCUT2D eigenvalue weighted by Crippen LogP contribution is -3.15. The van der Waals surface area contributed by atoms with E-state index in [1.807, 2.05) is 0 Å². The normalized spacial score (nSPS) is 14.7. The lowest BCUT2D eigenvalue weighted by atomic mass is 9.96. The van der Waals surface area contributed by atoms with Crippen molar-refractivity contribution in [1.29, 1.82) is 0 Å². The average molecular weight is 417 g/mol. The molecule has 30 heavy (non-hydrogen) atoms. The highest BCUT2D eigenvalue weighted by molar-refractivity contribution is 7.80. The highest BCUT2D eigenvalue weighted by atomic mass is 32.1. The Bertz CT molecular complexity index is 920. The van der Waals surface area contributed by atoms with Crippen molar-refractivity contribution < 1.29 is 4.90 Å². The molecule has 4 rings (SSSR count). The van der Waals surface area contributed by atoms with E-state index in [9.17, 15) is 0 Å². The van der Waals surface area contributed by atoms with Gasteiger partial charge in [0, 0.05) is 16.8 Å². The van der Waals surface area contributed by atoms with Crippen molar-refractivity contribution in [2.24, 2.45) is 0 Å². The summed E-state index contributed by atoms with van der Waals surface area (Å²) in [6.07, 6.45) is 0. The topological polar surface area (TPSA) is 19.7 Å². The fraction of sp³-hybridized carbons (Fsp3) is 0.269. The van der Waals surface area contributed by atoms with E-state index in [-0.39, 0.29) is 0 Å². The molecule has 0 amide bonds. The molecule has 3 nitrogen and oxygen atoms in total. The Hall–Kier alpha value is -2.69. The zero-order valence-electron chi connectivity index (χ0n) is 17.8. The first-order chi connectivity index (χ1) is 14.6. The van der Waals surface area contributed by atoms with Crippen LogP contribution in [0, 0.1) is 13.8 Å². The summed E-state index contributed by atoms with van der Waals surface area (Å²) in [6, 6.07) is 28.6. The molecule has 1 heterocycles. The molecule has 1 saturated heterocycles. The third-order valence-electron chi connectivity index (χ3n) is 5.84. The molecule has 0 aliphatic carbocycles. The van der Waals surface area contributed by atoms with Crippen LogP contribution in [-0.2, 0) is 0 Å². The maximum atomic E-state index is 5.74. The molecule has 2 N–H and O–H groups in total. The van der Waals surface area contributed by atoms with Crippen molar-refractivity contribution in [3.63, 3.8) is 0 Å². The predicted molar refractivity (Wildman–Crippen MR) is 129 cm³/mol. The number of nitrogens with zero attached hydrogens (tertiary/aromatic N) is 1. The number of hydrogen-bond donors (Lipinski definition) is 2. The smallest absolute Gasteiger partial charge is 0.173 e. The van der Waals surface area contributed by atoms with Gasteiger partial charge in [-0.05, 0) is 49.3 Å². The van der Waals surface area contributed by atoms with E-state index in [2.05, 4.69) is 103 Å². The van der Waals surface area contributed by atoms with E-state index in [1.165, 1.54) is 22.3 Å². The van der Waals surface area contributed by atoms with Crippen LogP contribution < -0.4 is 10.2 Å². The number of hydrogen-bond acceptors (Lipinski definition) is 1. The number of thiocarbonyl (C=S) groups is 1. The van der Waals surface area contributed by atoms with Crippen LogP contribution in [0.1, 0.15) is 28.3 Å². The van der Waals surface area contributed by atoms with E-state index < -0.39 is 0 Å². The predicted octanol–water partition coefficient (Wildman–Crippen LogP) is 3.99. The van der Waals surface area contributed by atoms with Gasteiger partial charge in [-0.2, -0.15) is 0 Å². The second-order valence-electron chi connectivity index (χ2n) is 8.21. The van der Waals surface area contributed by atoms with Crippen molar-refractivity contribution in [2.45, 2.75) is 19.9 Å². The van der Waals surface area contributed by atoms with Gasteiger partial charge in [-0.15, -0.1) is 0 Å². The summed E-state index contributed by atoms with van der Waals surface area (Å²) >= 11 is 5.74. The maximum absolute atomic E-state index is 5.74. The Morgan fingerprint density at radius 1 is 0.833 bits per heavy atom. The Morgan fingerprint density at radius 2 is 1.33 bits per heavy atom. The lowest BCUT2D eigenvalue weighted by molar-refractivity contribution is -0.929. The van der Waals surface area contributed by atoms with Gasteiger partial charge in [0.1, 0.15) is 6.04 Å². The number of piperazine rings is 1. The van der Waals surface area contributed by atoms with Crippen LogP contribution in [0.5, 0.6) is 0 Å². The van der Waals surface area contributed by atoms with Gasteiger partial charge in [-0.25, -0.2) is 0 Å². The van der Waals surface area contributed by atoms with E-state index in [0.717, 1.165) is 37.0 Å². The molecule has 0 unspecified atom stereocenters. The van der Waals surface area contributed by atoms with Gasteiger partial charge in [-0.1, -0.05) is 66.7 Å². The van der Waals surface area contributed by atoms with Gasteiger partial charge >= 0.3 is 0 Å². The van der Waals surface area contributed by atoms with E-state index in [1.54, 1.807) is 4.90 Å². The Kier molecular flexibility index (Phi) is 6.46. The van der Waals surface area contributed by atoms with Crippen molar-refractivity contribution in [2.75, 3.05) is 31.5 Å². The molecule has 1 aliphatic heterocycles. The molecule has 0 bridgehead atoms. The van der Waals surface area contributed by atoms with Gasteiger partial charge in [-0.3, -0.25) is 0 Å². The Morgan fingerprint density at radius 3 is 1.83 bits per heavy atom. The third kappa shape index (κ3) is 4.89. The van der Waals surface area contributed by atoms with Gasteiger partial charge in [0.2, 0.25) is 0 Å². The molecule has 0 radical (unpaired) electrons. The SMILES string of the molecule is Cc1cc(C)cc(NC(=S)N2CC[NH+](C(c3ccccc3)c3ccccc3)CC2)c1. The average Bonchev–Trinajstić information content (AvgIpc) is 2.75. The van der Waals surface area contributed by atoms with Crippen LogP contribution >= 0.6 is 12.2 Å². The molecular weight excluding hydrogens is 386 g/mol. The molecule has 3 aromatic rings. The Labute approximate surface area is 185 Å². The van der Waals surface area contributed by atoms with Crippen molar-refractivity contribution in [1.82, 2.24) is 4.90 Å². The number of quaternary nitrogens is 1.